The molecule has 0 aliphatic carbocycles. The summed E-state index contributed by atoms with van der Waals surface area (Å²) >= 11 is 3.02. The Balaban J connectivity index is 2.55. The fourth-order valence-electron chi connectivity index (χ4n) is 1.77. The lowest BCUT2D eigenvalue weighted by Crippen LogP contribution is -2.30. The van der Waals surface area contributed by atoms with E-state index in [-0.39, 0.29) is 4.47 Å². The molecule has 0 radical (unpaired) electrons. The predicted molar refractivity (Wildman–Crippen MR) is 71.9 cm³/mol. The standard InChI is InChI=1S/C12H11BrF2N4/c13-10-6(1-2-8(14)11(10)15)12(19-17)7-5-18-4-3-9(7)16/h1-5,12,19H,17H2,(H2,16,18). The van der Waals surface area contributed by atoms with Crippen molar-refractivity contribution in [1.29, 1.82) is 0 Å². The second-order valence-electron chi connectivity index (χ2n) is 3.87. The number of anilines is 1. The molecule has 1 atom stereocenters. The number of pyridine rings is 1. The van der Waals surface area contributed by atoms with Gasteiger partial charge >= 0.3 is 0 Å². The minimum Gasteiger partial charge on any atom is -0.398 e. The lowest BCUT2D eigenvalue weighted by atomic mass is 9.99. The quantitative estimate of drug-likeness (QED) is 0.459. The van der Waals surface area contributed by atoms with Gasteiger partial charge in [0, 0.05) is 23.6 Å². The van der Waals surface area contributed by atoms with Gasteiger partial charge in [-0.1, -0.05) is 6.07 Å². The van der Waals surface area contributed by atoms with E-state index in [1.807, 2.05) is 0 Å². The first kappa shape index (κ1) is 13.9. The van der Waals surface area contributed by atoms with Crippen LogP contribution in [0, 0.1) is 11.6 Å². The Morgan fingerprint density at radius 2 is 1.95 bits per heavy atom. The third kappa shape index (κ3) is 2.58. The average Bonchev–Trinajstić information content (AvgIpc) is 2.41. The van der Waals surface area contributed by atoms with Crippen molar-refractivity contribution in [1.82, 2.24) is 10.4 Å². The molecule has 1 aromatic carbocycles. The number of nitrogens with zero attached hydrogens (tertiary/aromatic N) is 1. The Hall–Kier alpha value is -1.57. The van der Waals surface area contributed by atoms with Gasteiger partial charge in [-0.3, -0.25) is 10.8 Å². The SMILES string of the molecule is NNC(c1cnccc1N)c1ccc(F)c(F)c1Br. The zero-order valence-corrected chi connectivity index (χ0v) is 11.3. The fourth-order valence-corrected chi connectivity index (χ4v) is 2.32. The normalized spacial score (nSPS) is 12.4. The first-order valence-corrected chi connectivity index (χ1v) is 6.14. The summed E-state index contributed by atoms with van der Waals surface area (Å²) < 4.78 is 26.7. The number of aromatic nitrogens is 1. The monoisotopic (exact) mass is 328 g/mol. The highest BCUT2D eigenvalue weighted by atomic mass is 79.9. The summed E-state index contributed by atoms with van der Waals surface area (Å²) in [6, 6.07) is 3.47. The van der Waals surface area contributed by atoms with Gasteiger partial charge in [-0.15, -0.1) is 0 Å². The van der Waals surface area contributed by atoms with E-state index in [1.54, 1.807) is 6.07 Å². The number of nitrogens with one attached hydrogen (secondary N) is 1. The van der Waals surface area contributed by atoms with Crippen LogP contribution in [0.1, 0.15) is 17.2 Å². The predicted octanol–water partition coefficient (Wildman–Crippen LogP) is 2.26. The molecule has 0 spiro atoms. The van der Waals surface area contributed by atoms with E-state index in [1.165, 1.54) is 18.5 Å². The number of hydrogen-bond donors (Lipinski definition) is 3. The zero-order valence-electron chi connectivity index (χ0n) is 9.70. The van der Waals surface area contributed by atoms with Crippen molar-refractivity contribution in [3.05, 3.63) is 57.8 Å². The van der Waals surface area contributed by atoms with E-state index >= 15 is 0 Å². The number of halogens is 3. The average molecular weight is 329 g/mol. The van der Waals surface area contributed by atoms with Gasteiger partial charge < -0.3 is 5.73 Å². The molecule has 0 fully saturated rings. The zero-order chi connectivity index (χ0) is 14.0. The number of nitrogens with two attached hydrogens (primary N) is 2. The number of rotatable bonds is 3. The van der Waals surface area contributed by atoms with Crippen LogP contribution in [0.2, 0.25) is 0 Å². The second-order valence-corrected chi connectivity index (χ2v) is 4.66. The molecule has 19 heavy (non-hydrogen) atoms. The minimum absolute atomic E-state index is 0.00120. The van der Waals surface area contributed by atoms with Crippen LogP contribution < -0.4 is 17.0 Å². The molecular formula is C12H11BrF2N4. The highest BCUT2D eigenvalue weighted by Gasteiger charge is 2.21. The number of benzene rings is 1. The summed E-state index contributed by atoms with van der Waals surface area (Å²) in [5.41, 5.74) is 9.82. The van der Waals surface area contributed by atoms with Crippen LogP contribution in [-0.2, 0) is 0 Å². The molecule has 0 aliphatic heterocycles. The van der Waals surface area contributed by atoms with E-state index in [0.29, 0.717) is 16.8 Å². The van der Waals surface area contributed by atoms with Gasteiger partial charge in [0.15, 0.2) is 11.6 Å². The molecule has 0 saturated heterocycles. The number of hydrazine groups is 1. The fraction of sp³-hybridized carbons (Fsp3) is 0.0833. The maximum absolute atomic E-state index is 13.6. The van der Waals surface area contributed by atoms with Crippen LogP contribution in [0.5, 0.6) is 0 Å². The van der Waals surface area contributed by atoms with E-state index in [9.17, 15) is 8.78 Å². The molecule has 7 heteroatoms. The molecule has 100 valence electrons. The Morgan fingerprint density at radius 3 is 2.58 bits per heavy atom. The Labute approximate surface area is 116 Å². The van der Waals surface area contributed by atoms with Crippen molar-refractivity contribution < 1.29 is 8.78 Å². The molecule has 4 nitrogen and oxygen atoms in total. The molecule has 0 bridgehead atoms. The van der Waals surface area contributed by atoms with Crippen molar-refractivity contribution in [2.45, 2.75) is 6.04 Å². The van der Waals surface area contributed by atoms with Gasteiger partial charge in [0.1, 0.15) is 0 Å². The van der Waals surface area contributed by atoms with Gasteiger partial charge in [-0.25, -0.2) is 14.2 Å². The third-order valence-corrected chi connectivity index (χ3v) is 3.55. The smallest absolute Gasteiger partial charge is 0.173 e. The van der Waals surface area contributed by atoms with Crippen molar-refractivity contribution in [3.8, 4) is 0 Å². The Bertz CT molecular complexity index is 606. The van der Waals surface area contributed by atoms with Crippen LogP contribution in [0.15, 0.2) is 35.1 Å². The van der Waals surface area contributed by atoms with E-state index in [0.717, 1.165) is 6.07 Å². The summed E-state index contributed by atoms with van der Waals surface area (Å²) in [5, 5.41) is 0. The summed E-state index contributed by atoms with van der Waals surface area (Å²) in [5.74, 6) is 3.58. The molecule has 1 aromatic heterocycles. The molecule has 1 unspecified atom stereocenters. The minimum atomic E-state index is -0.972. The Morgan fingerprint density at radius 1 is 1.21 bits per heavy atom. The molecule has 1 heterocycles. The number of nitrogen functional groups attached to an aromatic ring is 1. The van der Waals surface area contributed by atoms with Crippen LogP contribution in [-0.4, -0.2) is 4.98 Å². The van der Waals surface area contributed by atoms with Crippen LogP contribution in [0.3, 0.4) is 0 Å². The molecule has 5 N–H and O–H groups in total. The summed E-state index contributed by atoms with van der Waals surface area (Å²) in [4.78, 5) is 3.95. The summed E-state index contributed by atoms with van der Waals surface area (Å²) in [7, 11) is 0. The van der Waals surface area contributed by atoms with Gasteiger partial charge in [0.2, 0.25) is 0 Å². The summed E-state index contributed by atoms with van der Waals surface area (Å²) in [6.45, 7) is 0. The third-order valence-electron chi connectivity index (χ3n) is 2.74. The molecule has 2 aromatic rings. The second kappa shape index (κ2) is 5.60. The molecule has 2 rings (SSSR count). The largest absolute Gasteiger partial charge is 0.398 e. The van der Waals surface area contributed by atoms with E-state index in [4.69, 9.17) is 11.6 Å². The van der Waals surface area contributed by atoms with Crippen LogP contribution >= 0.6 is 15.9 Å². The van der Waals surface area contributed by atoms with E-state index < -0.39 is 17.7 Å². The maximum Gasteiger partial charge on any atom is 0.173 e. The number of hydrogen-bond acceptors (Lipinski definition) is 4. The molecule has 0 aliphatic rings. The van der Waals surface area contributed by atoms with Gasteiger partial charge in [-0.2, -0.15) is 0 Å². The first-order chi connectivity index (χ1) is 9.06. The van der Waals surface area contributed by atoms with Gasteiger partial charge in [-0.05, 0) is 33.6 Å². The van der Waals surface area contributed by atoms with Crippen molar-refractivity contribution in [2.24, 2.45) is 5.84 Å². The van der Waals surface area contributed by atoms with Crippen molar-refractivity contribution in [3.63, 3.8) is 0 Å². The molecule has 0 saturated carbocycles. The van der Waals surface area contributed by atoms with Crippen LogP contribution in [0.4, 0.5) is 14.5 Å². The Kier molecular flexibility index (Phi) is 4.08. The van der Waals surface area contributed by atoms with Gasteiger partial charge in [0.05, 0.1) is 10.5 Å². The van der Waals surface area contributed by atoms with Crippen LogP contribution in [0.25, 0.3) is 0 Å². The lowest BCUT2D eigenvalue weighted by molar-refractivity contribution is 0.498. The lowest BCUT2D eigenvalue weighted by Gasteiger charge is -2.19. The highest BCUT2D eigenvalue weighted by molar-refractivity contribution is 9.10. The maximum atomic E-state index is 13.6. The highest BCUT2D eigenvalue weighted by Crippen LogP contribution is 2.32. The van der Waals surface area contributed by atoms with E-state index in [2.05, 4.69) is 26.3 Å². The summed E-state index contributed by atoms with van der Waals surface area (Å²) in [6.07, 6.45) is 3.06. The van der Waals surface area contributed by atoms with Gasteiger partial charge in [0.25, 0.3) is 0 Å². The van der Waals surface area contributed by atoms with Crippen molar-refractivity contribution >= 4 is 21.6 Å². The van der Waals surface area contributed by atoms with Crippen molar-refractivity contribution in [2.75, 3.05) is 5.73 Å². The topological polar surface area (TPSA) is 77.0 Å². The molecular weight excluding hydrogens is 318 g/mol. The first-order valence-electron chi connectivity index (χ1n) is 5.35. The molecule has 0 amide bonds.